The van der Waals surface area contributed by atoms with Gasteiger partial charge < -0.3 is 14.9 Å². The number of aliphatic hydroxyl groups is 2. The minimum Gasteiger partial charge on any atom is -0.389 e. The van der Waals surface area contributed by atoms with Crippen LogP contribution in [0.3, 0.4) is 0 Å². The molecule has 0 amide bonds. The summed E-state index contributed by atoms with van der Waals surface area (Å²) in [7, 11) is 0. The molecule has 2 fully saturated rings. The highest BCUT2D eigenvalue weighted by Gasteiger charge is 2.31. The number of β-amino-alcohol motifs (C(OH)–C–C–N with tert-alkyl or cyclic N) is 2. The summed E-state index contributed by atoms with van der Waals surface area (Å²) in [5, 5.41) is 18.6. The number of hydrogen-bond acceptors (Lipinski definition) is 4. The third-order valence-corrected chi connectivity index (χ3v) is 2.88. The van der Waals surface area contributed by atoms with Gasteiger partial charge in [-0.25, -0.2) is 0 Å². The molecule has 0 aromatic heterocycles. The maximum absolute atomic E-state index is 9.32. The summed E-state index contributed by atoms with van der Waals surface area (Å²) in [4.78, 5) is 2.12. The van der Waals surface area contributed by atoms with Crippen LogP contribution in [0.15, 0.2) is 0 Å². The smallest absolute Gasteiger partial charge is 0.0938 e. The zero-order valence-corrected chi connectivity index (χ0v) is 7.72. The Morgan fingerprint density at radius 2 is 1.92 bits per heavy atom. The molecule has 3 unspecified atom stereocenters. The van der Waals surface area contributed by atoms with Crippen molar-refractivity contribution >= 4 is 0 Å². The number of nitrogens with zero attached hydrogens (tertiary/aromatic N) is 1. The first kappa shape index (κ1) is 9.40. The largest absolute Gasteiger partial charge is 0.389 e. The molecule has 2 aliphatic heterocycles. The van der Waals surface area contributed by atoms with E-state index in [-0.39, 0.29) is 0 Å². The molecule has 4 nitrogen and oxygen atoms in total. The van der Waals surface area contributed by atoms with E-state index in [9.17, 15) is 10.2 Å². The quantitative estimate of drug-likeness (QED) is 0.586. The number of likely N-dealkylation sites (tertiary alicyclic amines) is 1. The van der Waals surface area contributed by atoms with Crippen LogP contribution < -0.4 is 0 Å². The van der Waals surface area contributed by atoms with Crippen LogP contribution in [-0.4, -0.2) is 60.2 Å². The Morgan fingerprint density at radius 3 is 2.46 bits per heavy atom. The van der Waals surface area contributed by atoms with Crippen molar-refractivity contribution in [2.75, 3.05) is 32.8 Å². The summed E-state index contributed by atoms with van der Waals surface area (Å²) in [5.41, 5.74) is 0. The van der Waals surface area contributed by atoms with E-state index in [1.54, 1.807) is 0 Å². The van der Waals surface area contributed by atoms with Gasteiger partial charge in [0.2, 0.25) is 0 Å². The number of hydrogen-bond donors (Lipinski definition) is 2. The van der Waals surface area contributed by atoms with Crippen molar-refractivity contribution in [1.82, 2.24) is 4.90 Å². The van der Waals surface area contributed by atoms with Gasteiger partial charge in [-0.1, -0.05) is 0 Å². The van der Waals surface area contributed by atoms with Crippen molar-refractivity contribution in [2.45, 2.75) is 18.6 Å². The zero-order chi connectivity index (χ0) is 9.26. The van der Waals surface area contributed by atoms with E-state index in [2.05, 4.69) is 4.90 Å². The van der Waals surface area contributed by atoms with E-state index in [1.165, 1.54) is 0 Å². The first-order valence-electron chi connectivity index (χ1n) is 4.92. The van der Waals surface area contributed by atoms with Gasteiger partial charge in [-0.2, -0.15) is 0 Å². The summed E-state index contributed by atoms with van der Waals surface area (Å²) in [6.45, 7) is 3.87. The highest BCUT2D eigenvalue weighted by molar-refractivity contribution is 4.84. The maximum Gasteiger partial charge on any atom is 0.0938 e. The highest BCUT2D eigenvalue weighted by Crippen LogP contribution is 2.17. The molecule has 0 radical (unpaired) electrons. The molecule has 0 aliphatic carbocycles. The van der Waals surface area contributed by atoms with Crippen molar-refractivity contribution in [3.05, 3.63) is 0 Å². The fraction of sp³-hybridized carbons (Fsp3) is 1.00. The van der Waals surface area contributed by atoms with Crippen LogP contribution in [0.2, 0.25) is 0 Å². The van der Waals surface area contributed by atoms with Gasteiger partial charge in [0.1, 0.15) is 0 Å². The Hall–Kier alpha value is -0.160. The predicted octanol–water partition coefficient (Wildman–Crippen LogP) is -0.940. The predicted molar refractivity (Wildman–Crippen MR) is 47.4 cm³/mol. The van der Waals surface area contributed by atoms with Gasteiger partial charge in [-0.05, 0) is 12.3 Å². The summed E-state index contributed by atoms with van der Waals surface area (Å²) < 4.78 is 5.27. The molecule has 2 heterocycles. The minimum absolute atomic E-state index is 0.553. The fourth-order valence-electron chi connectivity index (χ4n) is 2.09. The van der Waals surface area contributed by atoms with E-state index in [1.807, 2.05) is 0 Å². The maximum atomic E-state index is 9.32. The van der Waals surface area contributed by atoms with Crippen LogP contribution >= 0.6 is 0 Å². The molecule has 0 aromatic carbocycles. The van der Waals surface area contributed by atoms with Gasteiger partial charge in [0.05, 0.1) is 18.8 Å². The van der Waals surface area contributed by atoms with E-state index >= 15 is 0 Å². The molecule has 0 bridgehead atoms. The van der Waals surface area contributed by atoms with Crippen molar-refractivity contribution in [2.24, 2.45) is 5.92 Å². The van der Waals surface area contributed by atoms with Crippen molar-refractivity contribution in [3.8, 4) is 0 Å². The second kappa shape index (κ2) is 3.92. The first-order chi connectivity index (χ1) is 6.25. The van der Waals surface area contributed by atoms with E-state index in [0.717, 1.165) is 26.2 Å². The average molecular weight is 187 g/mol. The van der Waals surface area contributed by atoms with Crippen molar-refractivity contribution in [3.63, 3.8) is 0 Å². The SMILES string of the molecule is OC1CN(CC2CCOC2)CC1O. The lowest BCUT2D eigenvalue weighted by Crippen LogP contribution is -2.28. The lowest BCUT2D eigenvalue weighted by Gasteiger charge is -2.18. The fourth-order valence-corrected chi connectivity index (χ4v) is 2.09. The molecule has 2 rings (SSSR count). The van der Waals surface area contributed by atoms with Crippen LogP contribution in [-0.2, 0) is 4.74 Å². The van der Waals surface area contributed by atoms with E-state index in [4.69, 9.17) is 4.74 Å². The Bertz CT molecular complexity index is 160. The summed E-state index contributed by atoms with van der Waals surface area (Å²) in [6, 6.07) is 0. The Balaban J connectivity index is 1.76. The summed E-state index contributed by atoms with van der Waals surface area (Å²) in [5.74, 6) is 0.595. The Labute approximate surface area is 78.1 Å². The molecule has 2 saturated heterocycles. The number of aliphatic hydroxyl groups excluding tert-OH is 2. The highest BCUT2D eigenvalue weighted by atomic mass is 16.5. The van der Waals surface area contributed by atoms with Crippen LogP contribution in [0.25, 0.3) is 0 Å². The summed E-state index contributed by atoms with van der Waals surface area (Å²) in [6.07, 6.45) is 0.00697. The third-order valence-electron chi connectivity index (χ3n) is 2.88. The molecule has 2 N–H and O–H groups in total. The van der Waals surface area contributed by atoms with Crippen LogP contribution in [0.5, 0.6) is 0 Å². The average Bonchev–Trinajstić information content (AvgIpc) is 2.64. The standard InChI is InChI=1S/C9H17NO3/c11-8-4-10(5-9(8)12)3-7-1-2-13-6-7/h7-9,11-12H,1-6H2. The van der Waals surface area contributed by atoms with E-state index in [0.29, 0.717) is 19.0 Å². The lowest BCUT2D eigenvalue weighted by atomic mass is 10.1. The van der Waals surface area contributed by atoms with Gasteiger partial charge in [0.15, 0.2) is 0 Å². The molecule has 0 aromatic rings. The van der Waals surface area contributed by atoms with E-state index < -0.39 is 12.2 Å². The second-order valence-corrected chi connectivity index (χ2v) is 4.08. The molecule has 4 heteroatoms. The number of ether oxygens (including phenoxy) is 1. The molecular formula is C9H17NO3. The molecule has 13 heavy (non-hydrogen) atoms. The van der Waals surface area contributed by atoms with Gasteiger partial charge >= 0.3 is 0 Å². The van der Waals surface area contributed by atoms with Gasteiger partial charge in [-0.15, -0.1) is 0 Å². The normalized spacial score (nSPS) is 41.5. The van der Waals surface area contributed by atoms with Gasteiger partial charge in [0, 0.05) is 26.2 Å². The zero-order valence-electron chi connectivity index (χ0n) is 7.72. The summed E-state index contributed by atoms with van der Waals surface area (Å²) >= 11 is 0. The first-order valence-corrected chi connectivity index (χ1v) is 4.92. The topological polar surface area (TPSA) is 52.9 Å². The monoisotopic (exact) mass is 187 g/mol. The third kappa shape index (κ3) is 2.20. The molecular weight excluding hydrogens is 170 g/mol. The minimum atomic E-state index is -0.553. The van der Waals surface area contributed by atoms with Crippen molar-refractivity contribution in [1.29, 1.82) is 0 Å². The molecule has 0 saturated carbocycles. The second-order valence-electron chi connectivity index (χ2n) is 4.08. The van der Waals surface area contributed by atoms with Crippen LogP contribution in [0.4, 0.5) is 0 Å². The van der Waals surface area contributed by atoms with Crippen LogP contribution in [0.1, 0.15) is 6.42 Å². The van der Waals surface area contributed by atoms with Gasteiger partial charge in [0.25, 0.3) is 0 Å². The van der Waals surface area contributed by atoms with Crippen LogP contribution in [0, 0.1) is 5.92 Å². The molecule has 0 spiro atoms. The Kier molecular flexibility index (Phi) is 2.83. The molecule has 2 aliphatic rings. The Morgan fingerprint density at radius 1 is 1.23 bits per heavy atom. The lowest BCUT2D eigenvalue weighted by molar-refractivity contribution is 0.0572. The van der Waals surface area contributed by atoms with Gasteiger partial charge in [-0.3, -0.25) is 4.90 Å². The number of rotatable bonds is 2. The molecule has 3 atom stereocenters. The molecule has 76 valence electrons. The van der Waals surface area contributed by atoms with Crippen molar-refractivity contribution < 1.29 is 14.9 Å².